The lowest BCUT2D eigenvalue weighted by Crippen LogP contribution is -2.20. The lowest BCUT2D eigenvalue weighted by molar-refractivity contribution is 0.256. The molecule has 0 saturated heterocycles. The number of hydrogen-bond donors (Lipinski definition) is 1. The molecule has 1 aromatic heterocycles. The van der Waals surface area contributed by atoms with E-state index in [1.54, 1.807) is 29.9 Å². The molecule has 0 aromatic carbocycles. The third-order valence-corrected chi connectivity index (χ3v) is 1.25. The molecule has 0 bridgehead atoms. The van der Waals surface area contributed by atoms with E-state index in [1.165, 1.54) is 0 Å². The average molecular weight is 151 g/mol. The predicted molar refractivity (Wildman–Crippen MR) is 40.6 cm³/mol. The number of carbonyl (C=O) groups excluding carboxylic acids is 1. The van der Waals surface area contributed by atoms with E-state index in [0.29, 0.717) is 5.49 Å². The zero-order valence-corrected chi connectivity index (χ0v) is 6.19. The van der Waals surface area contributed by atoms with Crippen LogP contribution in [0.15, 0.2) is 29.4 Å². The van der Waals surface area contributed by atoms with Crippen molar-refractivity contribution in [3.8, 4) is 0 Å². The molecule has 11 heavy (non-hydrogen) atoms. The molecule has 4 nitrogen and oxygen atoms in total. The second kappa shape index (κ2) is 3.01. The fourth-order valence-electron chi connectivity index (χ4n) is 0.743. The van der Waals surface area contributed by atoms with Gasteiger partial charge in [0.2, 0.25) is 0 Å². The summed E-state index contributed by atoms with van der Waals surface area (Å²) in [5.74, 6) is 0. The molecular weight excluding hydrogens is 142 g/mol. The first-order chi connectivity index (χ1) is 5.20. The molecule has 0 aliphatic heterocycles. The number of amides is 2. The fraction of sp³-hybridized carbons (Fsp3) is 0.143. The monoisotopic (exact) mass is 151 g/mol. The van der Waals surface area contributed by atoms with Crippen LogP contribution in [0, 0.1) is 0 Å². The SMILES string of the molecule is Cn1cccc/c1=N/C(N)=O. The first-order valence-electron chi connectivity index (χ1n) is 3.16. The number of carbonyl (C=O) groups is 1. The maximum Gasteiger partial charge on any atom is 0.340 e. The Morgan fingerprint density at radius 1 is 1.64 bits per heavy atom. The third-order valence-electron chi connectivity index (χ3n) is 1.25. The molecule has 0 saturated carbocycles. The Labute approximate surface area is 64.0 Å². The second-order valence-electron chi connectivity index (χ2n) is 2.12. The van der Waals surface area contributed by atoms with Gasteiger partial charge < -0.3 is 10.3 Å². The van der Waals surface area contributed by atoms with Gasteiger partial charge in [0.05, 0.1) is 0 Å². The summed E-state index contributed by atoms with van der Waals surface area (Å²) in [5, 5.41) is 0. The molecule has 0 spiro atoms. The highest BCUT2D eigenvalue weighted by Gasteiger charge is 1.87. The first-order valence-corrected chi connectivity index (χ1v) is 3.16. The van der Waals surface area contributed by atoms with Crippen molar-refractivity contribution in [3.63, 3.8) is 0 Å². The van der Waals surface area contributed by atoms with Gasteiger partial charge in [-0.25, -0.2) is 4.79 Å². The van der Waals surface area contributed by atoms with Crippen LogP contribution >= 0.6 is 0 Å². The summed E-state index contributed by atoms with van der Waals surface area (Å²) in [7, 11) is 1.79. The van der Waals surface area contributed by atoms with Gasteiger partial charge >= 0.3 is 6.03 Å². The Kier molecular flexibility index (Phi) is 2.06. The molecule has 0 radical (unpaired) electrons. The van der Waals surface area contributed by atoms with Gasteiger partial charge in [-0.15, -0.1) is 0 Å². The van der Waals surface area contributed by atoms with Gasteiger partial charge in [0.25, 0.3) is 0 Å². The summed E-state index contributed by atoms with van der Waals surface area (Å²) in [6.45, 7) is 0. The van der Waals surface area contributed by atoms with Crippen LogP contribution in [-0.4, -0.2) is 10.6 Å². The Morgan fingerprint density at radius 2 is 2.36 bits per heavy atom. The lowest BCUT2D eigenvalue weighted by Gasteiger charge is -1.95. The van der Waals surface area contributed by atoms with E-state index in [-0.39, 0.29) is 0 Å². The molecule has 0 aliphatic carbocycles. The number of urea groups is 1. The molecule has 0 fully saturated rings. The summed E-state index contributed by atoms with van der Waals surface area (Å²) >= 11 is 0. The highest BCUT2D eigenvalue weighted by atomic mass is 16.2. The van der Waals surface area contributed by atoms with E-state index in [1.807, 2.05) is 6.07 Å². The van der Waals surface area contributed by atoms with E-state index in [0.717, 1.165) is 0 Å². The maximum absolute atomic E-state index is 10.4. The van der Waals surface area contributed by atoms with Gasteiger partial charge in [0, 0.05) is 13.2 Å². The molecule has 58 valence electrons. The van der Waals surface area contributed by atoms with Crippen LogP contribution in [0.2, 0.25) is 0 Å². The summed E-state index contributed by atoms with van der Waals surface area (Å²) in [5.41, 5.74) is 5.43. The van der Waals surface area contributed by atoms with Crippen molar-refractivity contribution >= 4 is 6.03 Å². The minimum absolute atomic E-state index is 0.556. The number of aryl methyl sites for hydroxylation is 1. The van der Waals surface area contributed by atoms with E-state index in [9.17, 15) is 4.79 Å². The summed E-state index contributed by atoms with van der Waals surface area (Å²) in [4.78, 5) is 13.9. The smallest absolute Gasteiger partial charge is 0.340 e. The van der Waals surface area contributed by atoms with Gasteiger partial charge in [-0.3, -0.25) is 0 Å². The van der Waals surface area contributed by atoms with Crippen LogP contribution in [0.1, 0.15) is 0 Å². The normalized spacial score (nSPS) is 11.5. The molecule has 1 aromatic rings. The maximum atomic E-state index is 10.4. The number of pyridine rings is 1. The third kappa shape index (κ3) is 1.93. The molecule has 1 rings (SSSR count). The zero-order chi connectivity index (χ0) is 8.27. The van der Waals surface area contributed by atoms with E-state index in [4.69, 9.17) is 5.73 Å². The van der Waals surface area contributed by atoms with Crippen molar-refractivity contribution in [2.24, 2.45) is 17.8 Å². The summed E-state index contributed by atoms with van der Waals surface area (Å²) in [6, 6.07) is 4.68. The summed E-state index contributed by atoms with van der Waals surface area (Å²) < 4.78 is 1.71. The number of nitrogens with zero attached hydrogens (tertiary/aromatic N) is 2. The quantitative estimate of drug-likeness (QED) is 0.557. The second-order valence-corrected chi connectivity index (χ2v) is 2.12. The minimum Gasteiger partial charge on any atom is -0.350 e. The average Bonchev–Trinajstić information content (AvgIpc) is 1.93. The van der Waals surface area contributed by atoms with Crippen molar-refractivity contribution in [3.05, 3.63) is 29.9 Å². The highest BCUT2D eigenvalue weighted by Crippen LogP contribution is 1.76. The van der Waals surface area contributed by atoms with Gasteiger partial charge in [0.15, 0.2) is 0 Å². The summed E-state index contributed by atoms with van der Waals surface area (Å²) in [6.07, 6.45) is 1.79. The molecule has 0 aliphatic rings. The van der Waals surface area contributed by atoms with Gasteiger partial charge in [-0.1, -0.05) is 6.07 Å². The van der Waals surface area contributed by atoms with Crippen LogP contribution in [0.4, 0.5) is 4.79 Å². The number of rotatable bonds is 0. The number of aromatic nitrogens is 1. The molecule has 2 amide bonds. The largest absolute Gasteiger partial charge is 0.350 e. The van der Waals surface area contributed by atoms with Crippen molar-refractivity contribution in [2.45, 2.75) is 0 Å². The first kappa shape index (κ1) is 7.53. The Morgan fingerprint density at radius 3 is 2.91 bits per heavy atom. The molecule has 1 heterocycles. The van der Waals surface area contributed by atoms with Crippen molar-refractivity contribution in [1.82, 2.24) is 4.57 Å². The standard InChI is InChI=1S/C7H9N3O/c1-10-5-3-2-4-6(10)9-7(8)11/h2-5H,1H3,(H2,8,11)/b9-6-. The van der Waals surface area contributed by atoms with Crippen LogP contribution < -0.4 is 11.2 Å². The van der Waals surface area contributed by atoms with Crippen LogP contribution in [0.5, 0.6) is 0 Å². The molecule has 0 atom stereocenters. The van der Waals surface area contributed by atoms with E-state index >= 15 is 0 Å². The van der Waals surface area contributed by atoms with Crippen molar-refractivity contribution < 1.29 is 4.79 Å². The van der Waals surface area contributed by atoms with Crippen molar-refractivity contribution in [2.75, 3.05) is 0 Å². The topological polar surface area (TPSA) is 60.4 Å². The van der Waals surface area contributed by atoms with Gasteiger partial charge in [-0.2, -0.15) is 4.99 Å². The highest BCUT2D eigenvalue weighted by molar-refractivity contribution is 5.72. The van der Waals surface area contributed by atoms with E-state index in [2.05, 4.69) is 4.99 Å². The molecular formula is C7H9N3O. The van der Waals surface area contributed by atoms with Gasteiger partial charge in [-0.05, 0) is 12.1 Å². The van der Waals surface area contributed by atoms with Gasteiger partial charge in [0.1, 0.15) is 5.49 Å². The van der Waals surface area contributed by atoms with Crippen molar-refractivity contribution in [1.29, 1.82) is 0 Å². The number of primary amides is 1. The number of nitrogens with two attached hydrogens (primary N) is 1. The Balaban J connectivity index is 3.23. The van der Waals surface area contributed by atoms with E-state index < -0.39 is 6.03 Å². The molecule has 0 unspecified atom stereocenters. The van der Waals surface area contributed by atoms with Crippen LogP contribution in [-0.2, 0) is 7.05 Å². The Bertz CT molecular complexity index is 326. The molecule has 2 N–H and O–H groups in total. The lowest BCUT2D eigenvalue weighted by atomic mass is 10.5. The predicted octanol–water partition coefficient (Wildman–Crippen LogP) is 0.00450. The minimum atomic E-state index is -0.674. The van der Waals surface area contributed by atoms with Crippen LogP contribution in [0.3, 0.4) is 0 Å². The Hall–Kier alpha value is -1.58. The zero-order valence-electron chi connectivity index (χ0n) is 6.19. The number of hydrogen-bond acceptors (Lipinski definition) is 1. The fourth-order valence-corrected chi connectivity index (χ4v) is 0.743. The van der Waals surface area contributed by atoms with Crippen LogP contribution in [0.25, 0.3) is 0 Å². The molecule has 4 heteroatoms.